The second-order valence-corrected chi connectivity index (χ2v) is 8.33. The molecule has 2 aromatic rings. The smallest absolute Gasteiger partial charge is 0.395 e. The largest absolute Gasteiger partial charge is 0.430 e. The molecule has 0 spiro atoms. The highest BCUT2D eigenvalue weighted by Gasteiger charge is 2.62. The van der Waals surface area contributed by atoms with Gasteiger partial charge in [0.1, 0.15) is 0 Å². The third-order valence-electron chi connectivity index (χ3n) is 5.27. The van der Waals surface area contributed by atoms with E-state index in [9.17, 15) is 23.1 Å². The molecular formula is C22H25F3N2O2. The van der Waals surface area contributed by atoms with Crippen LogP contribution in [0.4, 0.5) is 18.9 Å². The van der Waals surface area contributed by atoms with Gasteiger partial charge in [0.25, 0.3) is 5.91 Å². The van der Waals surface area contributed by atoms with Crippen LogP contribution in [0.2, 0.25) is 0 Å². The Morgan fingerprint density at radius 1 is 1.10 bits per heavy atom. The summed E-state index contributed by atoms with van der Waals surface area (Å²) in [7, 11) is 0. The third kappa shape index (κ3) is 3.83. The molecule has 1 amide bonds. The monoisotopic (exact) mass is 406 g/mol. The van der Waals surface area contributed by atoms with Gasteiger partial charge in [-0.1, -0.05) is 51.1 Å². The zero-order valence-corrected chi connectivity index (χ0v) is 16.7. The van der Waals surface area contributed by atoms with Crippen molar-refractivity contribution in [1.29, 1.82) is 0 Å². The first-order chi connectivity index (χ1) is 13.5. The predicted octanol–water partition coefficient (Wildman–Crippen LogP) is 4.35. The summed E-state index contributed by atoms with van der Waals surface area (Å²) in [5, 5.41) is 12.0. The number of fused-ring (bicyclic) bond motifs is 1. The molecule has 3 rings (SSSR count). The maximum absolute atomic E-state index is 14.5. The van der Waals surface area contributed by atoms with Crippen molar-refractivity contribution >= 4 is 11.6 Å². The fourth-order valence-electron chi connectivity index (χ4n) is 3.69. The van der Waals surface area contributed by atoms with Gasteiger partial charge in [-0.05, 0) is 34.7 Å². The van der Waals surface area contributed by atoms with Gasteiger partial charge in [0.15, 0.2) is 0 Å². The summed E-state index contributed by atoms with van der Waals surface area (Å²) in [6.45, 7) is 4.90. The Balaban J connectivity index is 2.19. The second-order valence-electron chi connectivity index (χ2n) is 8.33. The Bertz CT molecular complexity index is 891. The number of hydrogen-bond acceptors (Lipinski definition) is 3. The summed E-state index contributed by atoms with van der Waals surface area (Å²) in [4.78, 5) is 13.8. The number of rotatable bonds is 4. The number of benzene rings is 2. The van der Waals surface area contributed by atoms with Gasteiger partial charge in [0.05, 0.1) is 6.61 Å². The van der Waals surface area contributed by atoms with Crippen LogP contribution in [0, 0.1) is 0 Å². The van der Waals surface area contributed by atoms with Crippen LogP contribution in [0.1, 0.15) is 42.3 Å². The molecule has 2 N–H and O–H groups in total. The van der Waals surface area contributed by atoms with Gasteiger partial charge >= 0.3 is 6.18 Å². The van der Waals surface area contributed by atoms with Crippen molar-refractivity contribution < 1.29 is 23.1 Å². The summed E-state index contributed by atoms with van der Waals surface area (Å²) in [5.41, 5.74) is -1.24. The Hall–Kier alpha value is -2.54. The molecule has 7 heteroatoms. The molecule has 0 fully saturated rings. The SMILES string of the molecule is CC(C)(C)c1ccc2c(c1)CC(Nc1ccccc1)(C(F)(F)F)N(CCO)C2=O. The first-order valence-corrected chi connectivity index (χ1v) is 9.46. The number of para-hydroxylation sites is 1. The summed E-state index contributed by atoms with van der Waals surface area (Å²) in [6, 6.07) is 13.1. The third-order valence-corrected chi connectivity index (χ3v) is 5.27. The van der Waals surface area contributed by atoms with E-state index in [1.165, 1.54) is 12.1 Å². The van der Waals surface area contributed by atoms with Gasteiger partial charge in [0.2, 0.25) is 5.66 Å². The van der Waals surface area contributed by atoms with Crippen LogP contribution in [0.15, 0.2) is 48.5 Å². The zero-order chi connectivity index (χ0) is 21.4. The molecule has 0 saturated heterocycles. The van der Waals surface area contributed by atoms with Crippen LogP contribution in [0.25, 0.3) is 0 Å². The molecular weight excluding hydrogens is 381 g/mol. The minimum absolute atomic E-state index is 0.237. The second kappa shape index (κ2) is 7.37. The number of carbonyl (C=O) groups is 1. The molecule has 4 nitrogen and oxygen atoms in total. The van der Waals surface area contributed by atoms with Crippen molar-refractivity contribution in [3.8, 4) is 0 Å². The van der Waals surface area contributed by atoms with Gasteiger partial charge in [0, 0.05) is 24.2 Å². The van der Waals surface area contributed by atoms with Crippen LogP contribution in [0.3, 0.4) is 0 Å². The van der Waals surface area contributed by atoms with Crippen molar-refractivity contribution in [2.45, 2.75) is 44.4 Å². The molecule has 1 unspecified atom stereocenters. The Morgan fingerprint density at radius 2 is 1.76 bits per heavy atom. The lowest BCUT2D eigenvalue weighted by molar-refractivity contribution is -0.216. The fraction of sp³-hybridized carbons (Fsp3) is 0.409. The van der Waals surface area contributed by atoms with E-state index in [-0.39, 0.29) is 16.7 Å². The molecule has 1 heterocycles. The van der Waals surface area contributed by atoms with Gasteiger partial charge in [-0.25, -0.2) is 0 Å². The van der Waals surface area contributed by atoms with E-state index in [2.05, 4.69) is 5.32 Å². The van der Waals surface area contributed by atoms with Crippen molar-refractivity contribution in [3.63, 3.8) is 0 Å². The van der Waals surface area contributed by atoms with Crippen molar-refractivity contribution in [3.05, 3.63) is 65.2 Å². The number of nitrogens with zero attached hydrogens (tertiary/aromatic N) is 1. The molecule has 0 radical (unpaired) electrons. The Labute approximate surface area is 168 Å². The lowest BCUT2D eigenvalue weighted by Gasteiger charge is -2.48. The van der Waals surface area contributed by atoms with Gasteiger partial charge < -0.3 is 15.3 Å². The Morgan fingerprint density at radius 3 is 2.31 bits per heavy atom. The predicted molar refractivity (Wildman–Crippen MR) is 106 cm³/mol. The van der Waals surface area contributed by atoms with E-state index in [1.807, 2.05) is 20.8 Å². The molecule has 1 aliphatic heterocycles. The van der Waals surface area contributed by atoms with Crippen LogP contribution < -0.4 is 5.32 Å². The number of amides is 1. The van der Waals surface area contributed by atoms with Gasteiger partial charge in [-0.15, -0.1) is 0 Å². The first-order valence-electron chi connectivity index (χ1n) is 9.46. The molecule has 1 aliphatic rings. The van der Waals surface area contributed by atoms with Crippen molar-refractivity contribution in [1.82, 2.24) is 4.90 Å². The van der Waals surface area contributed by atoms with E-state index < -0.39 is 37.3 Å². The van der Waals surface area contributed by atoms with E-state index in [4.69, 9.17) is 0 Å². The number of β-amino-alcohol motifs (C(OH)–C–C–N with tert-alkyl or cyclic N) is 1. The summed E-state index contributed by atoms with van der Waals surface area (Å²) < 4.78 is 43.6. The number of anilines is 1. The first kappa shape index (κ1) is 21.2. The molecule has 0 bridgehead atoms. The summed E-state index contributed by atoms with van der Waals surface area (Å²) in [6.07, 6.45) is -5.22. The van der Waals surface area contributed by atoms with E-state index in [1.54, 1.807) is 36.4 Å². The van der Waals surface area contributed by atoms with E-state index in [0.29, 0.717) is 10.5 Å². The minimum atomic E-state index is -4.77. The minimum Gasteiger partial charge on any atom is -0.395 e. The van der Waals surface area contributed by atoms with Gasteiger partial charge in [-0.3, -0.25) is 4.79 Å². The highest BCUT2D eigenvalue weighted by Crippen LogP contribution is 2.43. The quantitative estimate of drug-likeness (QED) is 0.794. The van der Waals surface area contributed by atoms with Gasteiger partial charge in [-0.2, -0.15) is 13.2 Å². The highest BCUT2D eigenvalue weighted by atomic mass is 19.4. The molecule has 2 aromatic carbocycles. The van der Waals surface area contributed by atoms with Crippen LogP contribution in [-0.2, 0) is 11.8 Å². The van der Waals surface area contributed by atoms with E-state index >= 15 is 0 Å². The van der Waals surface area contributed by atoms with E-state index in [0.717, 1.165) is 5.56 Å². The number of carbonyl (C=O) groups excluding carboxylic acids is 1. The van der Waals surface area contributed by atoms with Crippen LogP contribution in [0.5, 0.6) is 0 Å². The maximum atomic E-state index is 14.5. The number of alkyl halides is 3. The molecule has 1 atom stereocenters. The van der Waals surface area contributed by atoms with Crippen molar-refractivity contribution in [2.75, 3.05) is 18.5 Å². The molecule has 0 aliphatic carbocycles. The summed E-state index contributed by atoms with van der Waals surface area (Å²) >= 11 is 0. The standard InChI is InChI=1S/C22H25F3N2O2/c1-20(2,3)16-9-10-18-15(13-16)14-21(22(23,24)25,27(11-12-28)19(18)29)26-17-7-5-4-6-8-17/h4-10,13,26,28H,11-12,14H2,1-3H3. The lowest BCUT2D eigenvalue weighted by Crippen LogP contribution is -2.69. The molecule has 0 aromatic heterocycles. The normalized spacial score (nSPS) is 19.8. The number of nitrogens with one attached hydrogen (secondary N) is 1. The lowest BCUT2D eigenvalue weighted by atomic mass is 9.81. The van der Waals surface area contributed by atoms with Crippen LogP contribution >= 0.6 is 0 Å². The number of aliphatic hydroxyl groups excluding tert-OH is 1. The zero-order valence-electron chi connectivity index (χ0n) is 16.7. The van der Waals surface area contributed by atoms with Crippen LogP contribution in [-0.4, -0.2) is 40.9 Å². The molecule has 0 saturated carbocycles. The molecule has 156 valence electrons. The average molecular weight is 406 g/mol. The fourth-order valence-corrected chi connectivity index (χ4v) is 3.69. The number of aliphatic hydroxyl groups is 1. The average Bonchev–Trinajstić information content (AvgIpc) is 2.63. The number of hydrogen-bond donors (Lipinski definition) is 2. The highest BCUT2D eigenvalue weighted by molar-refractivity contribution is 5.98. The maximum Gasteiger partial charge on any atom is 0.430 e. The summed E-state index contributed by atoms with van der Waals surface area (Å²) in [5.74, 6) is -0.749. The Kier molecular flexibility index (Phi) is 5.38. The van der Waals surface area contributed by atoms with Crippen molar-refractivity contribution in [2.24, 2.45) is 0 Å². The topological polar surface area (TPSA) is 52.6 Å². The molecule has 29 heavy (non-hydrogen) atoms. The number of halogens is 3.